The molecule has 0 spiro atoms. The van der Waals surface area contributed by atoms with Crippen LogP contribution in [0.2, 0.25) is 0 Å². The average molecular weight is 986 g/mol. The highest BCUT2D eigenvalue weighted by Crippen LogP contribution is 2.17. The van der Waals surface area contributed by atoms with Gasteiger partial charge in [0.05, 0.1) is 0 Å². The summed E-state index contributed by atoms with van der Waals surface area (Å²) in [5.74, 6) is -0.856. The smallest absolute Gasteiger partial charge is 0.306 e. The minimum absolute atomic E-state index is 0.0702. The fraction of sp³-hybridized carbons (Fsp3) is 0.891. The van der Waals surface area contributed by atoms with Crippen LogP contribution >= 0.6 is 0 Å². The summed E-state index contributed by atoms with van der Waals surface area (Å²) in [5.41, 5.74) is 0. The lowest BCUT2D eigenvalue weighted by Gasteiger charge is -2.18. The van der Waals surface area contributed by atoms with E-state index >= 15 is 0 Å². The average Bonchev–Trinajstić information content (AvgIpc) is 3.36. The van der Waals surface area contributed by atoms with Crippen LogP contribution in [0.1, 0.15) is 348 Å². The Bertz CT molecular complexity index is 1130. The first-order valence-corrected chi connectivity index (χ1v) is 31.3. The van der Waals surface area contributed by atoms with E-state index in [0.717, 1.165) is 64.2 Å². The topological polar surface area (TPSA) is 78.9 Å². The summed E-state index contributed by atoms with van der Waals surface area (Å²) in [5, 5.41) is 0. The molecule has 0 radical (unpaired) electrons. The molecule has 0 aromatic carbocycles. The van der Waals surface area contributed by atoms with Crippen LogP contribution in [0.4, 0.5) is 0 Å². The summed E-state index contributed by atoms with van der Waals surface area (Å²) in [6.45, 7) is 6.68. The first kappa shape index (κ1) is 67.9. The molecule has 0 aromatic rings. The number of ether oxygens (including phenoxy) is 3. The Balaban J connectivity index is 4.30. The molecule has 0 amide bonds. The third-order valence-corrected chi connectivity index (χ3v) is 14.2. The summed E-state index contributed by atoms with van der Waals surface area (Å²) in [6.07, 6.45) is 70.3. The molecule has 0 bridgehead atoms. The summed E-state index contributed by atoms with van der Waals surface area (Å²) >= 11 is 0. The van der Waals surface area contributed by atoms with E-state index in [1.54, 1.807) is 0 Å². The second-order valence-corrected chi connectivity index (χ2v) is 21.3. The zero-order valence-electron chi connectivity index (χ0n) is 47.3. The van der Waals surface area contributed by atoms with Gasteiger partial charge in [0.25, 0.3) is 0 Å². The molecule has 6 nitrogen and oxygen atoms in total. The molecule has 0 fully saturated rings. The molecular formula is C64H120O6. The summed E-state index contributed by atoms with van der Waals surface area (Å²) in [7, 11) is 0. The highest BCUT2D eigenvalue weighted by Gasteiger charge is 2.19. The van der Waals surface area contributed by atoms with Crippen LogP contribution < -0.4 is 0 Å². The van der Waals surface area contributed by atoms with Crippen LogP contribution in [0, 0.1) is 0 Å². The van der Waals surface area contributed by atoms with Gasteiger partial charge in [0.1, 0.15) is 13.2 Å². The number of carbonyl (C=O) groups is 3. The Kier molecular flexibility index (Phi) is 57.7. The molecule has 6 heteroatoms. The molecule has 70 heavy (non-hydrogen) atoms. The van der Waals surface area contributed by atoms with Gasteiger partial charge >= 0.3 is 17.9 Å². The van der Waals surface area contributed by atoms with Gasteiger partial charge in [-0.3, -0.25) is 14.4 Å². The van der Waals surface area contributed by atoms with E-state index in [4.69, 9.17) is 14.2 Å². The molecule has 0 heterocycles. The maximum atomic E-state index is 12.9. The molecule has 1 unspecified atom stereocenters. The first-order valence-electron chi connectivity index (χ1n) is 31.3. The molecule has 0 aromatic heterocycles. The molecule has 0 rings (SSSR count). The van der Waals surface area contributed by atoms with Gasteiger partial charge in [-0.05, 0) is 70.6 Å². The Morgan fingerprint density at radius 3 is 0.714 bits per heavy atom. The van der Waals surface area contributed by atoms with Crippen LogP contribution in [0.15, 0.2) is 24.3 Å². The zero-order chi connectivity index (χ0) is 50.7. The van der Waals surface area contributed by atoms with Crippen molar-refractivity contribution < 1.29 is 28.6 Å². The van der Waals surface area contributed by atoms with Gasteiger partial charge in [0, 0.05) is 19.3 Å². The van der Waals surface area contributed by atoms with Crippen molar-refractivity contribution in [3.05, 3.63) is 24.3 Å². The Morgan fingerprint density at radius 1 is 0.271 bits per heavy atom. The van der Waals surface area contributed by atoms with Gasteiger partial charge in [-0.2, -0.15) is 0 Å². The lowest BCUT2D eigenvalue weighted by molar-refractivity contribution is -0.167. The third-order valence-electron chi connectivity index (χ3n) is 14.2. The molecule has 0 N–H and O–H groups in total. The molecule has 0 aliphatic heterocycles. The van der Waals surface area contributed by atoms with Gasteiger partial charge in [-0.15, -0.1) is 0 Å². The van der Waals surface area contributed by atoms with Crippen LogP contribution in [0.25, 0.3) is 0 Å². The Hall–Kier alpha value is -2.11. The van der Waals surface area contributed by atoms with E-state index in [1.165, 1.54) is 244 Å². The van der Waals surface area contributed by atoms with Gasteiger partial charge in [0.2, 0.25) is 0 Å². The number of esters is 3. The fourth-order valence-electron chi connectivity index (χ4n) is 9.44. The maximum Gasteiger partial charge on any atom is 0.306 e. The Morgan fingerprint density at radius 2 is 0.471 bits per heavy atom. The number of allylic oxidation sites excluding steroid dienone is 4. The molecule has 412 valence electrons. The van der Waals surface area contributed by atoms with Gasteiger partial charge in [0.15, 0.2) is 6.10 Å². The van der Waals surface area contributed by atoms with Crippen LogP contribution in [-0.2, 0) is 28.6 Å². The second kappa shape index (κ2) is 59.5. The molecule has 1 atom stereocenters. The van der Waals surface area contributed by atoms with Crippen molar-refractivity contribution in [2.75, 3.05) is 13.2 Å². The van der Waals surface area contributed by atoms with Crippen LogP contribution in [-0.4, -0.2) is 37.2 Å². The highest BCUT2D eigenvalue weighted by molar-refractivity contribution is 5.71. The SMILES string of the molecule is CCCCCCC/C=C\CCCCCCCC(=O)OCC(COC(=O)CCCCCCCCCCC/C=C\CCCCCCCCCC)OC(=O)CCCCCCCCCCCCCCCCCCC. The normalized spacial score (nSPS) is 12.1. The first-order chi connectivity index (χ1) is 34.5. The molecule has 0 aliphatic carbocycles. The van der Waals surface area contributed by atoms with Crippen molar-refractivity contribution in [2.45, 2.75) is 354 Å². The highest BCUT2D eigenvalue weighted by atomic mass is 16.6. The van der Waals surface area contributed by atoms with Crippen molar-refractivity contribution >= 4 is 17.9 Å². The predicted octanol–water partition coefficient (Wildman–Crippen LogP) is 21.1. The molecule has 0 aliphatic rings. The molecular weight excluding hydrogens is 865 g/mol. The maximum absolute atomic E-state index is 12.9. The van der Waals surface area contributed by atoms with E-state index < -0.39 is 6.10 Å². The predicted molar refractivity (Wildman–Crippen MR) is 303 cm³/mol. The van der Waals surface area contributed by atoms with E-state index in [2.05, 4.69) is 45.1 Å². The van der Waals surface area contributed by atoms with Crippen LogP contribution in [0.5, 0.6) is 0 Å². The van der Waals surface area contributed by atoms with Gasteiger partial charge in [-0.1, -0.05) is 283 Å². The fourth-order valence-corrected chi connectivity index (χ4v) is 9.44. The standard InChI is InChI=1S/C64H120O6/c1-4-7-10-13-16-19-22-25-28-30-31-32-33-35-36-39-42-45-48-51-54-57-63(66)69-60-61(59-68-62(65)56-53-50-47-44-41-38-27-24-21-18-15-12-9-6-3)70-64(67)58-55-52-49-46-43-40-37-34-29-26-23-20-17-14-11-8-5-2/h24,27,30-31,61H,4-23,25-26,28-29,32-60H2,1-3H3/b27-24-,31-30-. The summed E-state index contributed by atoms with van der Waals surface area (Å²) in [4.78, 5) is 38.2. The van der Waals surface area contributed by atoms with E-state index in [9.17, 15) is 14.4 Å². The number of hydrogen-bond donors (Lipinski definition) is 0. The molecule has 0 saturated carbocycles. The van der Waals surface area contributed by atoms with Crippen molar-refractivity contribution in [1.82, 2.24) is 0 Å². The summed E-state index contributed by atoms with van der Waals surface area (Å²) in [6, 6.07) is 0. The Labute approximate surface area is 436 Å². The van der Waals surface area contributed by atoms with E-state index in [1.807, 2.05) is 0 Å². The lowest BCUT2D eigenvalue weighted by Crippen LogP contribution is -2.30. The van der Waals surface area contributed by atoms with Crippen molar-refractivity contribution in [1.29, 1.82) is 0 Å². The zero-order valence-corrected chi connectivity index (χ0v) is 47.3. The second-order valence-electron chi connectivity index (χ2n) is 21.3. The minimum atomic E-state index is -0.772. The van der Waals surface area contributed by atoms with Gasteiger partial charge in [-0.25, -0.2) is 0 Å². The number of hydrogen-bond acceptors (Lipinski definition) is 6. The quantitative estimate of drug-likeness (QED) is 0.0261. The van der Waals surface area contributed by atoms with E-state index in [0.29, 0.717) is 19.3 Å². The van der Waals surface area contributed by atoms with Crippen molar-refractivity contribution in [3.8, 4) is 0 Å². The van der Waals surface area contributed by atoms with E-state index in [-0.39, 0.29) is 31.1 Å². The summed E-state index contributed by atoms with van der Waals surface area (Å²) < 4.78 is 16.9. The number of carbonyl (C=O) groups excluding carboxylic acids is 3. The van der Waals surface area contributed by atoms with Crippen LogP contribution in [0.3, 0.4) is 0 Å². The van der Waals surface area contributed by atoms with Gasteiger partial charge < -0.3 is 14.2 Å². The monoisotopic (exact) mass is 985 g/mol. The lowest BCUT2D eigenvalue weighted by atomic mass is 10.0. The largest absolute Gasteiger partial charge is 0.462 e. The number of unbranched alkanes of at least 4 members (excludes halogenated alkanes) is 43. The third kappa shape index (κ3) is 56.8. The van der Waals surface area contributed by atoms with Crippen molar-refractivity contribution in [3.63, 3.8) is 0 Å². The molecule has 0 saturated heterocycles. The number of rotatable bonds is 58. The van der Waals surface area contributed by atoms with Crippen molar-refractivity contribution in [2.24, 2.45) is 0 Å². The minimum Gasteiger partial charge on any atom is -0.462 e.